The third-order valence-electron chi connectivity index (χ3n) is 7.26. The summed E-state index contributed by atoms with van der Waals surface area (Å²) < 4.78 is 7.51. The lowest BCUT2D eigenvalue weighted by Gasteiger charge is -2.29. The smallest absolute Gasteiger partial charge is 0.251 e. The Hall–Kier alpha value is -4.11. The van der Waals surface area contributed by atoms with Gasteiger partial charge >= 0.3 is 0 Å². The fourth-order valence-electron chi connectivity index (χ4n) is 5.01. The number of benzene rings is 3. The van der Waals surface area contributed by atoms with Gasteiger partial charge in [0, 0.05) is 23.5 Å². The molecule has 0 fully saturated rings. The average molecular weight is 584 g/mol. The predicted molar refractivity (Wildman–Crippen MR) is 167 cm³/mol. The number of anilines is 1. The van der Waals surface area contributed by atoms with E-state index in [9.17, 15) is 9.59 Å². The van der Waals surface area contributed by atoms with Crippen LogP contribution in [0, 0.1) is 0 Å². The van der Waals surface area contributed by atoms with Crippen molar-refractivity contribution in [1.29, 1.82) is 0 Å². The van der Waals surface area contributed by atoms with E-state index in [-0.39, 0.29) is 29.5 Å². The lowest BCUT2D eigenvalue weighted by atomic mass is 9.87. The molecule has 218 valence electrons. The summed E-state index contributed by atoms with van der Waals surface area (Å²) in [6.07, 6.45) is 1.92. The maximum atomic E-state index is 13.3. The molecule has 0 atom stereocenters. The van der Waals surface area contributed by atoms with Crippen molar-refractivity contribution >= 4 is 29.3 Å². The van der Waals surface area contributed by atoms with Gasteiger partial charge < -0.3 is 15.0 Å². The lowest BCUT2D eigenvalue weighted by molar-refractivity contribution is -0.116. The zero-order valence-corrected chi connectivity index (χ0v) is 25.4. The van der Waals surface area contributed by atoms with Crippen molar-refractivity contribution in [2.24, 2.45) is 0 Å². The first-order valence-electron chi connectivity index (χ1n) is 14.3. The molecule has 0 bridgehead atoms. The van der Waals surface area contributed by atoms with Crippen LogP contribution in [0.4, 0.5) is 5.69 Å². The van der Waals surface area contributed by atoms with Gasteiger partial charge in [0.1, 0.15) is 5.75 Å². The van der Waals surface area contributed by atoms with Crippen LogP contribution >= 0.6 is 11.8 Å². The minimum atomic E-state index is -0.190. The number of carbonyl (C=O) groups excluding carboxylic acids is 2. The largest absolute Gasteiger partial charge is 0.494 e. The number of rotatable bonds is 9. The molecule has 2 heterocycles. The second kappa shape index (κ2) is 12.8. The van der Waals surface area contributed by atoms with Gasteiger partial charge in [-0.1, -0.05) is 62.9 Å². The summed E-state index contributed by atoms with van der Waals surface area (Å²) in [7, 11) is 0. The Kier molecular flexibility index (Phi) is 8.97. The van der Waals surface area contributed by atoms with E-state index in [1.807, 2.05) is 83.1 Å². The molecular weight excluding hydrogens is 546 g/mol. The number of thioether (sulfide) groups is 1. The molecular formula is C33H37N5O3S. The molecule has 0 unspecified atom stereocenters. The molecule has 1 N–H and O–H groups in total. The van der Waals surface area contributed by atoms with Crippen LogP contribution in [0.2, 0.25) is 0 Å². The first-order valence-corrected chi connectivity index (χ1v) is 15.3. The Morgan fingerprint density at radius 1 is 0.976 bits per heavy atom. The highest BCUT2D eigenvalue weighted by Gasteiger charge is 2.24. The second-order valence-corrected chi connectivity index (χ2v) is 12.2. The van der Waals surface area contributed by atoms with Crippen LogP contribution in [0.3, 0.4) is 0 Å². The molecule has 9 heteroatoms. The third-order valence-corrected chi connectivity index (χ3v) is 8.18. The number of carbonyl (C=O) groups is 2. The van der Waals surface area contributed by atoms with Crippen molar-refractivity contribution in [3.8, 4) is 11.4 Å². The van der Waals surface area contributed by atoms with Gasteiger partial charge in [-0.2, -0.15) is 0 Å². The van der Waals surface area contributed by atoms with Crippen LogP contribution in [-0.4, -0.2) is 45.5 Å². The summed E-state index contributed by atoms with van der Waals surface area (Å²) in [5.74, 6) is 1.38. The number of hydrogen-bond donors (Lipinski definition) is 1. The number of amides is 2. The number of aryl methyl sites for hydroxylation is 1. The van der Waals surface area contributed by atoms with Crippen LogP contribution < -0.4 is 15.0 Å². The number of ether oxygens (including phenoxy) is 1. The first-order chi connectivity index (χ1) is 20.2. The molecule has 0 saturated carbocycles. The zero-order valence-electron chi connectivity index (χ0n) is 24.6. The minimum absolute atomic E-state index is 0.00990. The SMILES string of the molecule is CCOc1ccc(-n2c(CNC(=O)c3ccc(C(C)(C)C)cc3)nnc2SCC(=O)N2CCCc3ccccc32)cc1. The molecule has 2 amide bonds. The number of para-hydroxylation sites is 1. The standard InChI is InChI=1S/C33H37N5O3S/c1-5-41-27-18-16-26(17-19-27)38-29(21-34-31(40)24-12-14-25(15-13-24)33(2,3)4)35-36-32(38)42-22-30(39)37-20-8-10-23-9-6-7-11-28(23)37/h6-7,9,11-19H,5,8,10,20-22H2,1-4H3,(H,34,40). The molecule has 1 aromatic heterocycles. The summed E-state index contributed by atoms with van der Waals surface area (Å²) in [5.41, 5.74) is 4.76. The van der Waals surface area contributed by atoms with Gasteiger partial charge in [-0.15, -0.1) is 10.2 Å². The van der Waals surface area contributed by atoms with E-state index in [0.29, 0.717) is 29.7 Å². The van der Waals surface area contributed by atoms with Gasteiger partial charge in [-0.05, 0) is 78.8 Å². The van der Waals surface area contributed by atoms with Gasteiger partial charge in [0.15, 0.2) is 11.0 Å². The summed E-state index contributed by atoms with van der Waals surface area (Å²) in [5, 5.41) is 12.4. The number of aromatic nitrogens is 3. The highest BCUT2D eigenvalue weighted by atomic mass is 32.2. The first kappa shape index (κ1) is 29.4. The molecule has 4 aromatic rings. The number of nitrogens with zero attached hydrogens (tertiary/aromatic N) is 4. The van der Waals surface area contributed by atoms with Crippen LogP contribution in [0.15, 0.2) is 78.0 Å². The Morgan fingerprint density at radius 3 is 2.43 bits per heavy atom. The van der Waals surface area contributed by atoms with Crippen molar-refractivity contribution < 1.29 is 14.3 Å². The summed E-state index contributed by atoms with van der Waals surface area (Å²) in [6, 6.07) is 23.4. The van der Waals surface area contributed by atoms with Crippen LogP contribution in [-0.2, 0) is 23.2 Å². The fraction of sp³-hybridized carbons (Fsp3) is 0.333. The predicted octanol–water partition coefficient (Wildman–Crippen LogP) is 5.97. The molecule has 0 saturated heterocycles. The number of hydrogen-bond acceptors (Lipinski definition) is 6. The molecule has 8 nitrogen and oxygen atoms in total. The van der Waals surface area contributed by atoms with Crippen molar-refractivity contribution in [2.75, 3.05) is 23.8 Å². The summed E-state index contributed by atoms with van der Waals surface area (Å²) in [4.78, 5) is 28.2. The van der Waals surface area contributed by atoms with Crippen LogP contribution in [0.5, 0.6) is 5.75 Å². The monoisotopic (exact) mass is 583 g/mol. The summed E-state index contributed by atoms with van der Waals surface area (Å²) >= 11 is 1.34. The van der Waals surface area contributed by atoms with Crippen molar-refractivity contribution in [2.45, 2.75) is 57.7 Å². The van der Waals surface area contributed by atoms with E-state index >= 15 is 0 Å². The Morgan fingerprint density at radius 2 is 1.71 bits per heavy atom. The molecule has 1 aliphatic rings. The Bertz CT molecular complexity index is 1540. The van der Waals surface area contributed by atoms with E-state index in [2.05, 4.69) is 42.4 Å². The van der Waals surface area contributed by atoms with Crippen LogP contribution in [0.25, 0.3) is 5.69 Å². The fourth-order valence-corrected chi connectivity index (χ4v) is 5.85. The molecule has 1 aliphatic heterocycles. The van der Waals surface area contributed by atoms with Crippen molar-refractivity contribution in [1.82, 2.24) is 20.1 Å². The summed E-state index contributed by atoms with van der Waals surface area (Å²) in [6.45, 7) is 9.82. The molecule has 0 radical (unpaired) electrons. The molecule has 5 rings (SSSR count). The Balaban J connectivity index is 1.34. The third kappa shape index (κ3) is 6.68. The van der Waals surface area contributed by atoms with Gasteiger partial charge in [-0.25, -0.2) is 0 Å². The number of nitrogens with one attached hydrogen (secondary N) is 1. The van der Waals surface area contributed by atoms with Crippen molar-refractivity contribution in [3.63, 3.8) is 0 Å². The average Bonchev–Trinajstić information content (AvgIpc) is 3.41. The topological polar surface area (TPSA) is 89.3 Å². The van der Waals surface area contributed by atoms with Gasteiger partial charge in [0.2, 0.25) is 5.91 Å². The number of fused-ring (bicyclic) bond motifs is 1. The van der Waals surface area contributed by atoms with Gasteiger partial charge in [0.05, 0.1) is 18.9 Å². The second-order valence-electron chi connectivity index (χ2n) is 11.2. The van der Waals surface area contributed by atoms with Gasteiger partial charge in [-0.3, -0.25) is 14.2 Å². The van der Waals surface area contributed by atoms with Crippen LogP contribution in [0.1, 0.15) is 61.4 Å². The van der Waals surface area contributed by atoms with Crippen molar-refractivity contribution in [3.05, 3.63) is 95.3 Å². The van der Waals surface area contributed by atoms with E-state index in [1.54, 1.807) is 0 Å². The molecule has 0 aliphatic carbocycles. The maximum absolute atomic E-state index is 13.3. The maximum Gasteiger partial charge on any atom is 0.251 e. The van der Waals surface area contributed by atoms with E-state index in [4.69, 9.17) is 4.74 Å². The normalized spacial score (nSPS) is 13.0. The molecule has 0 spiro atoms. The Labute approximate surface area is 251 Å². The van der Waals surface area contributed by atoms with Gasteiger partial charge in [0.25, 0.3) is 5.91 Å². The van der Waals surface area contributed by atoms with E-state index in [1.165, 1.54) is 22.9 Å². The highest BCUT2D eigenvalue weighted by molar-refractivity contribution is 7.99. The zero-order chi connectivity index (χ0) is 29.7. The van der Waals surface area contributed by atoms with E-state index < -0.39 is 0 Å². The lowest BCUT2D eigenvalue weighted by Crippen LogP contribution is -2.36. The van der Waals surface area contributed by atoms with E-state index in [0.717, 1.165) is 30.0 Å². The minimum Gasteiger partial charge on any atom is -0.494 e. The molecule has 42 heavy (non-hydrogen) atoms. The highest BCUT2D eigenvalue weighted by Crippen LogP contribution is 2.29. The quantitative estimate of drug-likeness (QED) is 0.245. The molecule has 3 aromatic carbocycles.